The molecule has 0 saturated carbocycles. The van der Waals surface area contributed by atoms with Crippen LogP contribution in [-0.4, -0.2) is 14.7 Å². The molecule has 0 heterocycles. The van der Waals surface area contributed by atoms with Gasteiger partial charge in [0.2, 0.25) is 0 Å². The predicted octanol–water partition coefficient (Wildman–Crippen LogP) is 6.06. The van der Waals surface area contributed by atoms with Gasteiger partial charge in [-0.2, -0.15) is 0 Å². The van der Waals surface area contributed by atoms with Crippen molar-refractivity contribution in [3.8, 4) is 0 Å². The third-order valence-corrected chi connectivity index (χ3v) is 4.95. The third-order valence-electron chi connectivity index (χ3n) is 4.34. The zero-order valence-corrected chi connectivity index (χ0v) is 21.5. The Labute approximate surface area is 201 Å². The Morgan fingerprint density at radius 2 is 1.13 bits per heavy atom. The molecule has 0 spiro atoms. The second kappa shape index (κ2) is 13.8. The van der Waals surface area contributed by atoms with E-state index in [1.165, 1.54) is 16.7 Å². The molecule has 0 bridgehead atoms. The molecule has 4 nitrogen and oxygen atoms in total. The molecule has 168 valence electrons. The summed E-state index contributed by atoms with van der Waals surface area (Å²) >= 11 is 1.82. The van der Waals surface area contributed by atoms with Crippen molar-refractivity contribution in [2.75, 3.05) is 6.26 Å². The summed E-state index contributed by atoms with van der Waals surface area (Å²) in [4.78, 5) is 0. The van der Waals surface area contributed by atoms with Crippen LogP contribution in [0.4, 0.5) is 0 Å². The number of sulfonamides is 1. The molecule has 2 atom stereocenters. The van der Waals surface area contributed by atoms with Gasteiger partial charge in [-0.25, -0.2) is 8.42 Å². The van der Waals surface area contributed by atoms with Crippen LogP contribution in [0.1, 0.15) is 39.9 Å². The molecular weight excluding hydrogens is 517 g/mol. The summed E-state index contributed by atoms with van der Waals surface area (Å²) in [6, 6.07) is 24.1. The summed E-state index contributed by atoms with van der Waals surface area (Å²) in [6.45, 7) is 6.38. The van der Waals surface area contributed by atoms with Crippen molar-refractivity contribution in [3.63, 3.8) is 0 Å². The zero-order valence-electron chi connectivity index (χ0n) is 18.1. The Balaban J connectivity index is 0.000000365. The van der Waals surface area contributed by atoms with Gasteiger partial charge in [-0.1, -0.05) is 107 Å². The summed E-state index contributed by atoms with van der Waals surface area (Å²) in [5.74, 6) is 0. The fraction of sp³-hybridized carbons (Fsp3) is 0.250. The number of benzene rings is 3. The fourth-order valence-electron chi connectivity index (χ4n) is 3.25. The number of nitrogens with two attached hydrogens (primary N) is 1. The summed E-state index contributed by atoms with van der Waals surface area (Å²) < 4.78 is 27.0. The van der Waals surface area contributed by atoms with Crippen LogP contribution in [0, 0.1) is 20.8 Å². The molecule has 31 heavy (non-hydrogen) atoms. The maximum atomic E-state index is 11.5. The molecule has 3 aromatic carbocycles. The number of hydrogen-bond donors (Lipinski definition) is 1. The molecule has 0 aliphatic carbocycles. The van der Waals surface area contributed by atoms with E-state index in [0.717, 1.165) is 17.4 Å². The van der Waals surface area contributed by atoms with Crippen molar-refractivity contribution in [1.29, 1.82) is 0 Å². The van der Waals surface area contributed by atoms with Gasteiger partial charge in [-0.05, 0) is 26.3 Å². The van der Waals surface area contributed by atoms with Gasteiger partial charge in [0, 0.05) is 12.3 Å². The average molecular weight is 546 g/mol. The first kappa shape index (κ1) is 27.5. The van der Waals surface area contributed by atoms with E-state index in [4.69, 9.17) is 5.73 Å². The molecule has 7 heteroatoms. The topological polar surface area (TPSA) is 74.3 Å². The van der Waals surface area contributed by atoms with Crippen molar-refractivity contribution in [2.24, 2.45) is 5.73 Å². The van der Waals surface area contributed by atoms with Crippen LogP contribution in [0.15, 0.2) is 78.9 Å². The van der Waals surface area contributed by atoms with Gasteiger partial charge >= 0.3 is 27.0 Å². The molecular formula is C24H29ClN2O2RuS. The average Bonchev–Trinajstić information content (AvgIpc) is 2.73. The van der Waals surface area contributed by atoms with Crippen molar-refractivity contribution >= 4 is 19.7 Å². The Morgan fingerprint density at radius 1 is 0.774 bits per heavy atom. The summed E-state index contributed by atoms with van der Waals surface area (Å²) in [7, 11) is 1.09. The first-order valence-corrected chi connectivity index (χ1v) is 13.7. The van der Waals surface area contributed by atoms with Crippen LogP contribution in [-0.2, 0) is 27.3 Å². The molecule has 2 N–H and O–H groups in total. The molecule has 0 saturated heterocycles. The second-order valence-corrected chi connectivity index (χ2v) is 8.97. The molecule has 0 fully saturated rings. The van der Waals surface area contributed by atoms with Gasteiger partial charge in [0.15, 0.2) is 0 Å². The van der Waals surface area contributed by atoms with Crippen LogP contribution in [0.25, 0.3) is 4.72 Å². The van der Waals surface area contributed by atoms with Gasteiger partial charge in [-0.15, -0.1) is 0 Å². The third kappa shape index (κ3) is 10.5. The second-order valence-electron chi connectivity index (χ2n) is 7.30. The van der Waals surface area contributed by atoms with Crippen LogP contribution >= 0.6 is 9.69 Å². The first-order valence-electron chi connectivity index (χ1n) is 9.61. The van der Waals surface area contributed by atoms with Crippen molar-refractivity contribution < 1.29 is 25.7 Å². The Hall–Kier alpha value is -1.56. The van der Waals surface area contributed by atoms with E-state index in [1.807, 2.05) is 78.0 Å². The number of rotatable bonds is 5. The molecule has 0 aliphatic heterocycles. The molecule has 0 unspecified atom stereocenters. The number of aryl methyl sites for hydroxylation is 3. The van der Waals surface area contributed by atoms with E-state index in [1.54, 1.807) is 0 Å². The SMILES string of the molecule is CS(=O)(=O)[N-][C@H](c1ccccc1)[C@H](N)c1ccccc1.Cc1cc(C)cc(C)c1.[Cl][Ru+]. The molecule has 3 rings (SSSR count). The molecule has 0 aromatic heterocycles. The standard InChI is InChI=1S/C15H17N2O2S.C9H12.ClH.Ru/c1-20(18,19)17-15(13-10-6-3-7-11-13)14(16)12-8-4-2-5-9-12;1-7-4-8(2)6-9(3)5-7;;/h2-11,14-15H,16H2,1H3;4-6H,1-3H3;1H;/q-1;;;+2/p-1/t14-,15-;;;/m1.../s1. The summed E-state index contributed by atoms with van der Waals surface area (Å²) in [5, 5.41) is 0. The Morgan fingerprint density at radius 3 is 1.48 bits per heavy atom. The van der Waals surface area contributed by atoms with Gasteiger partial charge < -0.3 is 10.5 Å². The van der Waals surface area contributed by atoms with Crippen LogP contribution in [0.3, 0.4) is 0 Å². The van der Waals surface area contributed by atoms with Gasteiger partial charge in [0.25, 0.3) is 0 Å². The Bertz CT molecular complexity index is 966. The van der Waals surface area contributed by atoms with Crippen molar-refractivity contribution in [2.45, 2.75) is 32.9 Å². The van der Waals surface area contributed by atoms with E-state index in [-0.39, 0.29) is 0 Å². The molecule has 3 aromatic rings. The minimum atomic E-state index is -3.48. The quantitative estimate of drug-likeness (QED) is 0.396. The van der Waals surface area contributed by atoms with Crippen LogP contribution in [0.5, 0.6) is 0 Å². The molecule has 0 amide bonds. The van der Waals surface area contributed by atoms with Gasteiger partial charge in [0.1, 0.15) is 0 Å². The van der Waals surface area contributed by atoms with E-state index in [2.05, 4.69) is 53.4 Å². The minimum absolute atomic E-state index is 0.506. The van der Waals surface area contributed by atoms with Crippen LogP contribution < -0.4 is 5.73 Å². The number of halogens is 1. The first-order chi connectivity index (χ1) is 14.7. The van der Waals surface area contributed by atoms with E-state index < -0.39 is 22.1 Å². The molecule has 0 aliphatic rings. The summed E-state index contributed by atoms with van der Waals surface area (Å²) in [5.41, 5.74) is 11.9. The monoisotopic (exact) mass is 546 g/mol. The zero-order chi connectivity index (χ0) is 23.4. The van der Waals surface area contributed by atoms with E-state index in [0.29, 0.717) is 0 Å². The normalized spacial score (nSPS) is 12.5. The van der Waals surface area contributed by atoms with Gasteiger partial charge in [-0.3, -0.25) is 0 Å². The van der Waals surface area contributed by atoms with Crippen molar-refractivity contribution in [3.05, 3.63) is 111 Å². The predicted molar refractivity (Wildman–Crippen MR) is 127 cm³/mol. The van der Waals surface area contributed by atoms with Gasteiger partial charge in [0.05, 0.1) is 10.0 Å². The number of hydrogen-bond acceptors (Lipinski definition) is 3. The van der Waals surface area contributed by atoms with E-state index in [9.17, 15) is 8.42 Å². The molecule has 0 radical (unpaired) electrons. The summed E-state index contributed by atoms with van der Waals surface area (Å²) in [6.07, 6.45) is 1.08. The van der Waals surface area contributed by atoms with Crippen LogP contribution in [0.2, 0.25) is 0 Å². The Kier molecular flexibility index (Phi) is 12.2. The fourth-order valence-corrected chi connectivity index (χ4v) is 3.92. The van der Waals surface area contributed by atoms with Crippen molar-refractivity contribution in [1.82, 2.24) is 0 Å². The van der Waals surface area contributed by atoms with E-state index >= 15 is 0 Å². The maximum absolute atomic E-state index is 11.5. The number of nitrogens with zero attached hydrogens (tertiary/aromatic N) is 1.